The maximum absolute atomic E-state index is 10.4. The van der Waals surface area contributed by atoms with Crippen LogP contribution in [0.15, 0.2) is 6.20 Å². The molecule has 0 atom stereocenters. The molecule has 0 saturated carbocycles. The molecule has 0 unspecified atom stereocenters. The molecule has 1 aromatic rings. The van der Waals surface area contributed by atoms with Crippen molar-refractivity contribution >= 4 is 26.8 Å². The topological polar surface area (TPSA) is 90.4 Å². The van der Waals surface area contributed by atoms with Gasteiger partial charge in [0.25, 0.3) is 0 Å². The molecule has 0 aliphatic heterocycles. The first-order chi connectivity index (χ1) is 7.08. The summed E-state index contributed by atoms with van der Waals surface area (Å²) in [5.41, 5.74) is 0. The van der Waals surface area contributed by atoms with Crippen LogP contribution in [0.25, 0.3) is 0 Å². The summed E-state index contributed by atoms with van der Waals surface area (Å²) < 4.78 is 5.22. The number of hydrogen-bond donors (Lipinski definition) is 1. The van der Waals surface area contributed by atoms with Crippen LogP contribution in [0, 0.1) is 17.0 Å². The van der Waals surface area contributed by atoms with Gasteiger partial charge in [-0.2, -0.15) is 0 Å². The molecule has 0 aliphatic rings. The zero-order valence-corrected chi connectivity index (χ0v) is 10.0. The van der Waals surface area contributed by atoms with Crippen LogP contribution in [-0.2, 0) is 10.7 Å². The van der Waals surface area contributed by atoms with Crippen molar-refractivity contribution in [2.75, 3.05) is 6.61 Å². The smallest absolute Gasteiger partial charge is 0.342 e. The van der Waals surface area contributed by atoms with Gasteiger partial charge in [-0.15, -0.1) is 0 Å². The van der Waals surface area contributed by atoms with Gasteiger partial charge in [0.1, 0.15) is 12.7 Å². The van der Waals surface area contributed by atoms with Crippen molar-refractivity contribution in [1.29, 1.82) is 0 Å². The molecule has 0 aromatic carbocycles. The third-order valence-electron chi connectivity index (χ3n) is 1.54. The number of nitro groups is 1. The minimum absolute atomic E-state index is 0.0819. The normalized spacial score (nSPS) is 9.33. The summed E-state index contributed by atoms with van der Waals surface area (Å²) >= 11 is 0. The second-order valence-electron chi connectivity index (χ2n) is 2.40. The lowest BCUT2D eigenvalue weighted by Gasteiger charge is -1.98. The van der Waals surface area contributed by atoms with Gasteiger partial charge in [0.2, 0.25) is 21.0 Å². The van der Waals surface area contributed by atoms with Gasteiger partial charge in [-0.05, 0) is 4.92 Å². The molecule has 1 aromatic heterocycles. The number of aliphatic hydroxyl groups is 1. The summed E-state index contributed by atoms with van der Waals surface area (Å²) in [5.74, 6) is 0.456. The van der Waals surface area contributed by atoms with Crippen LogP contribution < -0.4 is 0 Å². The first kappa shape index (κ1) is 14.0. The Kier molecular flexibility index (Phi) is 6.78. The molecule has 0 fully saturated rings. The van der Waals surface area contributed by atoms with Gasteiger partial charge >= 0.3 is 5.82 Å². The Morgan fingerprint density at radius 1 is 1.73 bits per heavy atom. The summed E-state index contributed by atoms with van der Waals surface area (Å²) in [5, 5.41) is 19.0. The minimum Gasteiger partial charge on any atom is -0.458 e. The van der Waals surface area contributed by atoms with Gasteiger partial charge in [0.05, 0.1) is 6.61 Å². The van der Waals surface area contributed by atoms with E-state index in [2.05, 4.69) is 30.1 Å². The van der Waals surface area contributed by atoms with E-state index in [1.807, 2.05) is 0 Å². The largest absolute Gasteiger partial charge is 0.458 e. The second kappa shape index (κ2) is 7.28. The van der Waals surface area contributed by atoms with E-state index in [1.165, 1.54) is 10.8 Å². The van der Waals surface area contributed by atoms with Crippen LogP contribution >= 0.6 is 0 Å². The van der Waals surface area contributed by atoms with Crippen molar-refractivity contribution in [3.63, 3.8) is 0 Å². The van der Waals surface area contributed by atoms with Crippen LogP contribution in [0.5, 0.6) is 0 Å². The highest BCUT2D eigenvalue weighted by Gasteiger charge is 2.15. The number of imidazole rings is 1. The molecule has 0 saturated heterocycles. The molecule has 1 N–H and O–H groups in total. The molecule has 6 radical (unpaired) electrons. The summed E-state index contributed by atoms with van der Waals surface area (Å²) in [6.45, 7) is 1.74. The average molecular weight is 243 g/mol. The number of aliphatic hydroxyl groups excluding tert-OH is 1. The molecule has 0 bridgehead atoms. The molecule has 0 amide bonds. The van der Waals surface area contributed by atoms with Gasteiger partial charge in [-0.1, -0.05) is 0 Å². The lowest BCUT2D eigenvalue weighted by atomic mass is 10.6. The number of aromatic nitrogens is 2. The van der Waals surface area contributed by atoms with Crippen LogP contribution in [-0.4, -0.2) is 47.2 Å². The maximum atomic E-state index is 10.4. The highest BCUT2D eigenvalue weighted by atomic mass is 28.3. The van der Waals surface area contributed by atoms with E-state index in [0.717, 1.165) is 0 Å². The maximum Gasteiger partial charge on any atom is 0.342 e. The number of nitrogens with zero attached hydrogens (tertiary/aromatic N) is 3. The van der Waals surface area contributed by atoms with E-state index in [0.29, 0.717) is 5.82 Å². The SMILES string of the molecule is Cc1ncc([N+](=O)[O-])n1CCO.[Si]O[Si]. The average Bonchev–Trinajstić information content (AvgIpc) is 2.50. The van der Waals surface area contributed by atoms with Gasteiger partial charge in [0, 0.05) is 6.92 Å². The standard InChI is InChI=1S/C6H9N3O3.OSi2/c1-5-7-4-6(9(11)12)8(5)2-3-10;2-1-3/h4,10H,2-3H2,1H3;. The molecule has 1 rings (SSSR count). The van der Waals surface area contributed by atoms with Gasteiger partial charge in [-0.25, -0.2) is 9.55 Å². The molecule has 1 heterocycles. The molecule has 80 valence electrons. The summed E-state index contributed by atoms with van der Waals surface area (Å²) in [7, 11) is 5.19. The third kappa shape index (κ3) is 4.33. The Labute approximate surface area is 93.3 Å². The highest BCUT2D eigenvalue weighted by molar-refractivity contribution is 6.15. The van der Waals surface area contributed by atoms with E-state index in [9.17, 15) is 10.1 Å². The van der Waals surface area contributed by atoms with E-state index in [-0.39, 0.29) is 19.0 Å². The van der Waals surface area contributed by atoms with E-state index in [1.54, 1.807) is 6.92 Å². The van der Waals surface area contributed by atoms with E-state index in [4.69, 9.17) is 5.11 Å². The molecule has 0 spiro atoms. The number of hydrogen-bond acceptors (Lipinski definition) is 5. The predicted octanol–water partition coefficient (Wildman–Crippen LogP) is -0.738. The molecule has 15 heavy (non-hydrogen) atoms. The monoisotopic (exact) mass is 243 g/mol. The fourth-order valence-electron chi connectivity index (χ4n) is 0.978. The number of rotatable bonds is 3. The first-order valence-corrected chi connectivity index (χ1v) is 4.66. The predicted molar refractivity (Wildman–Crippen MR) is 53.3 cm³/mol. The lowest BCUT2D eigenvalue weighted by molar-refractivity contribution is -0.392. The summed E-state index contributed by atoms with van der Waals surface area (Å²) in [4.78, 5) is 13.6. The molecular formula is C6H9N3O4Si2. The first-order valence-electron chi connectivity index (χ1n) is 3.85. The van der Waals surface area contributed by atoms with Crippen molar-refractivity contribution in [3.8, 4) is 0 Å². The van der Waals surface area contributed by atoms with Crippen molar-refractivity contribution in [2.45, 2.75) is 13.5 Å². The fraction of sp³-hybridized carbons (Fsp3) is 0.500. The molecule has 0 aliphatic carbocycles. The van der Waals surface area contributed by atoms with E-state index < -0.39 is 4.92 Å². The molecular weight excluding hydrogens is 234 g/mol. The third-order valence-corrected chi connectivity index (χ3v) is 1.54. The molecule has 9 heteroatoms. The van der Waals surface area contributed by atoms with Crippen LogP contribution in [0.3, 0.4) is 0 Å². The van der Waals surface area contributed by atoms with E-state index >= 15 is 0 Å². The summed E-state index contributed by atoms with van der Waals surface area (Å²) in [6, 6.07) is 0. The Morgan fingerprint density at radius 3 is 2.67 bits per heavy atom. The highest BCUT2D eigenvalue weighted by Crippen LogP contribution is 2.12. The van der Waals surface area contributed by atoms with Crippen molar-refractivity contribution < 1.29 is 14.1 Å². The van der Waals surface area contributed by atoms with Gasteiger partial charge in [-0.3, -0.25) is 0 Å². The minimum atomic E-state index is -0.518. The second-order valence-corrected chi connectivity index (χ2v) is 3.21. The fourth-order valence-corrected chi connectivity index (χ4v) is 0.978. The quantitative estimate of drug-likeness (QED) is 0.429. The Hall–Kier alpha value is -1.04. The zero-order valence-electron chi connectivity index (χ0n) is 8.01. The summed E-state index contributed by atoms with van der Waals surface area (Å²) in [6.07, 6.45) is 1.19. The van der Waals surface area contributed by atoms with Gasteiger partial charge < -0.3 is 19.3 Å². The van der Waals surface area contributed by atoms with Gasteiger partial charge in [0.15, 0.2) is 5.82 Å². The lowest BCUT2D eigenvalue weighted by Crippen LogP contribution is -2.07. The zero-order chi connectivity index (χ0) is 11.8. The number of aryl methyl sites for hydroxylation is 1. The van der Waals surface area contributed by atoms with Crippen LogP contribution in [0.1, 0.15) is 5.82 Å². The van der Waals surface area contributed by atoms with Crippen molar-refractivity contribution in [2.24, 2.45) is 0 Å². The Morgan fingerprint density at radius 2 is 2.27 bits per heavy atom. The van der Waals surface area contributed by atoms with Crippen molar-refractivity contribution in [3.05, 3.63) is 22.1 Å². The van der Waals surface area contributed by atoms with Crippen molar-refractivity contribution in [1.82, 2.24) is 9.55 Å². The van der Waals surface area contributed by atoms with Crippen LogP contribution in [0.4, 0.5) is 5.82 Å². The van der Waals surface area contributed by atoms with Crippen LogP contribution in [0.2, 0.25) is 0 Å². The molecule has 7 nitrogen and oxygen atoms in total. The Bertz CT molecular complexity index is 317. The Balaban J connectivity index is 0.000000583.